The van der Waals surface area contributed by atoms with Gasteiger partial charge in [0.1, 0.15) is 23.4 Å². The number of benzene rings is 3. The Kier molecular flexibility index (Phi) is 10.6. The van der Waals surface area contributed by atoms with Gasteiger partial charge in [-0.15, -0.1) is 0 Å². The highest BCUT2D eigenvalue weighted by Gasteiger charge is 2.32. The Hall–Kier alpha value is -4.84. The van der Waals surface area contributed by atoms with Crippen molar-refractivity contribution in [2.75, 3.05) is 49.8 Å². The third kappa shape index (κ3) is 8.38. The number of carbonyl (C=O) groups excluding carboxylic acids is 3. The van der Waals surface area contributed by atoms with E-state index >= 15 is 0 Å². The molecule has 3 aromatic carbocycles. The van der Waals surface area contributed by atoms with Gasteiger partial charge in [0.15, 0.2) is 0 Å². The molecule has 0 saturated carbocycles. The van der Waals surface area contributed by atoms with E-state index in [4.69, 9.17) is 9.47 Å². The number of anilines is 3. The van der Waals surface area contributed by atoms with Crippen LogP contribution < -0.4 is 25.4 Å². The number of likely N-dealkylation sites (N-methyl/N-ethyl adjacent to an activating group) is 1. The van der Waals surface area contributed by atoms with Gasteiger partial charge in [-0.3, -0.25) is 4.79 Å². The summed E-state index contributed by atoms with van der Waals surface area (Å²) in [6.45, 7) is 4.00. The Morgan fingerprint density at radius 1 is 1.05 bits per heavy atom. The number of nitrogens with zero attached hydrogens (tertiary/aromatic N) is 2. The summed E-state index contributed by atoms with van der Waals surface area (Å²) in [5.74, 6) is 0.282. The number of hydrogen-bond acceptors (Lipinski definition) is 6. The lowest BCUT2D eigenvalue weighted by Crippen LogP contribution is -2.48. The van der Waals surface area contributed by atoms with Crippen LogP contribution in [0.15, 0.2) is 66.7 Å². The van der Waals surface area contributed by atoms with E-state index in [1.54, 1.807) is 68.4 Å². The third-order valence-corrected chi connectivity index (χ3v) is 7.42. The number of halogens is 1. The smallest absolute Gasteiger partial charge is 0.323 e. The zero-order valence-electron chi connectivity index (χ0n) is 25.2. The van der Waals surface area contributed by atoms with Gasteiger partial charge in [-0.05, 0) is 73.7 Å². The maximum atomic E-state index is 13.5. The molecule has 12 heteroatoms. The van der Waals surface area contributed by atoms with Crippen molar-refractivity contribution in [1.82, 2.24) is 9.80 Å². The van der Waals surface area contributed by atoms with Crippen molar-refractivity contribution in [2.45, 2.75) is 32.4 Å². The van der Waals surface area contributed by atoms with Crippen LogP contribution in [0.4, 0.5) is 31.0 Å². The zero-order chi connectivity index (χ0) is 31.8. The molecular formula is C32H38FN5O6. The quantitative estimate of drug-likeness (QED) is 0.291. The fourth-order valence-corrected chi connectivity index (χ4v) is 4.80. The molecule has 3 aromatic rings. The summed E-state index contributed by atoms with van der Waals surface area (Å²) in [5, 5.41) is 18.1. The molecule has 0 bridgehead atoms. The number of amides is 5. The van der Waals surface area contributed by atoms with Crippen LogP contribution in [0.1, 0.15) is 19.4 Å². The minimum atomic E-state index is -0.543. The SMILES string of the molecule is COc1ccc(NC(=O)N(C)C[C@H]2Oc3ccc(NC(=O)Nc4ccc(F)cc4)cc3CC(=O)N([C@H](C)CO)C[C@H]2C)cc1. The number of fused-ring (bicyclic) bond motifs is 1. The Labute approximate surface area is 255 Å². The lowest BCUT2D eigenvalue weighted by atomic mass is 10.0. The topological polar surface area (TPSA) is 132 Å². The van der Waals surface area contributed by atoms with Crippen molar-refractivity contribution < 1.29 is 33.4 Å². The van der Waals surface area contributed by atoms with Crippen molar-refractivity contribution >= 4 is 35.0 Å². The van der Waals surface area contributed by atoms with Crippen LogP contribution in [0.25, 0.3) is 0 Å². The summed E-state index contributed by atoms with van der Waals surface area (Å²) in [5.41, 5.74) is 1.97. The van der Waals surface area contributed by atoms with Crippen LogP contribution in [0.3, 0.4) is 0 Å². The summed E-state index contributed by atoms with van der Waals surface area (Å²) in [4.78, 5) is 42.2. The van der Waals surface area contributed by atoms with Crippen molar-refractivity contribution in [1.29, 1.82) is 0 Å². The van der Waals surface area contributed by atoms with E-state index in [0.717, 1.165) is 0 Å². The van der Waals surface area contributed by atoms with E-state index in [2.05, 4.69) is 16.0 Å². The first-order valence-electron chi connectivity index (χ1n) is 14.3. The van der Waals surface area contributed by atoms with Crippen LogP contribution in [0.2, 0.25) is 0 Å². The summed E-state index contributed by atoms with van der Waals surface area (Å²) < 4.78 is 24.9. The van der Waals surface area contributed by atoms with Gasteiger partial charge < -0.3 is 40.3 Å². The van der Waals surface area contributed by atoms with Crippen LogP contribution in [0.5, 0.6) is 11.5 Å². The Morgan fingerprint density at radius 3 is 2.32 bits per heavy atom. The van der Waals surface area contributed by atoms with Gasteiger partial charge in [0.05, 0.1) is 32.7 Å². The second-order valence-electron chi connectivity index (χ2n) is 10.8. The van der Waals surface area contributed by atoms with Gasteiger partial charge in [0.25, 0.3) is 0 Å². The number of rotatable bonds is 8. The summed E-state index contributed by atoms with van der Waals surface area (Å²) in [6, 6.07) is 16.0. The van der Waals surface area contributed by atoms with Crippen LogP contribution in [0, 0.1) is 11.7 Å². The van der Waals surface area contributed by atoms with Gasteiger partial charge in [0.2, 0.25) is 5.91 Å². The molecule has 11 nitrogen and oxygen atoms in total. The number of methoxy groups -OCH3 is 1. The molecule has 3 atom stereocenters. The summed E-state index contributed by atoms with van der Waals surface area (Å²) >= 11 is 0. The molecule has 44 heavy (non-hydrogen) atoms. The Balaban J connectivity index is 1.54. The molecule has 1 heterocycles. The fraction of sp³-hybridized carbons (Fsp3) is 0.344. The predicted octanol–water partition coefficient (Wildman–Crippen LogP) is 4.79. The molecule has 0 spiro atoms. The monoisotopic (exact) mass is 607 g/mol. The fourth-order valence-electron chi connectivity index (χ4n) is 4.80. The highest BCUT2D eigenvalue weighted by Crippen LogP contribution is 2.29. The van der Waals surface area contributed by atoms with E-state index in [0.29, 0.717) is 40.7 Å². The molecule has 1 aliphatic heterocycles. The molecule has 234 valence electrons. The van der Waals surface area contributed by atoms with Crippen LogP contribution in [-0.2, 0) is 11.2 Å². The number of ether oxygens (including phenoxy) is 2. The normalized spacial score (nSPS) is 17.1. The first-order valence-corrected chi connectivity index (χ1v) is 14.3. The molecule has 5 amide bonds. The van der Waals surface area contributed by atoms with Crippen molar-refractivity contribution in [3.8, 4) is 11.5 Å². The number of aliphatic hydroxyl groups is 1. The maximum Gasteiger partial charge on any atom is 0.323 e. The number of carbonyl (C=O) groups is 3. The van der Waals surface area contributed by atoms with Gasteiger partial charge in [-0.1, -0.05) is 6.92 Å². The first-order chi connectivity index (χ1) is 21.1. The van der Waals surface area contributed by atoms with Gasteiger partial charge in [-0.25, -0.2) is 14.0 Å². The number of nitrogens with one attached hydrogen (secondary N) is 3. The van der Waals surface area contributed by atoms with Gasteiger partial charge in [0, 0.05) is 42.1 Å². The average Bonchev–Trinajstić information content (AvgIpc) is 3.05. The average molecular weight is 608 g/mol. The molecule has 4 N–H and O–H groups in total. The highest BCUT2D eigenvalue weighted by molar-refractivity contribution is 6.00. The zero-order valence-corrected chi connectivity index (χ0v) is 25.2. The lowest BCUT2D eigenvalue weighted by molar-refractivity contribution is -0.134. The second kappa shape index (κ2) is 14.6. The van der Waals surface area contributed by atoms with E-state index in [9.17, 15) is 23.9 Å². The van der Waals surface area contributed by atoms with Gasteiger partial charge in [-0.2, -0.15) is 0 Å². The molecule has 0 saturated heterocycles. The molecule has 0 aromatic heterocycles. The first kappa shape index (κ1) is 32.1. The van der Waals surface area contributed by atoms with Gasteiger partial charge >= 0.3 is 12.1 Å². The summed E-state index contributed by atoms with van der Waals surface area (Å²) in [6.07, 6.45) is -0.539. The van der Waals surface area contributed by atoms with Crippen molar-refractivity contribution in [3.05, 3.63) is 78.1 Å². The minimum Gasteiger partial charge on any atom is -0.497 e. The van der Waals surface area contributed by atoms with Crippen molar-refractivity contribution in [3.63, 3.8) is 0 Å². The standard InChI is InChI=1S/C32H38FN5O6/c1-20-17-38(21(2)19-39)30(40)16-22-15-26(35-31(41)34-24-7-5-23(33)6-8-24)11-14-28(22)44-29(20)18-37(3)32(42)36-25-9-12-27(43-4)13-10-25/h5-15,20-21,29,39H,16-19H2,1-4H3,(H,36,42)(H2,34,35,41)/t20-,21-,29-/m1/s1. The maximum absolute atomic E-state index is 13.5. The molecule has 0 radical (unpaired) electrons. The molecule has 1 aliphatic rings. The molecular weight excluding hydrogens is 569 g/mol. The predicted molar refractivity (Wildman–Crippen MR) is 166 cm³/mol. The van der Waals surface area contributed by atoms with Crippen molar-refractivity contribution in [2.24, 2.45) is 5.92 Å². The minimum absolute atomic E-state index is 0.0258. The second-order valence-corrected chi connectivity index (χ2v) is 10.8. The van der Waals surface area contributed by atoms with Crippen LogP contribution in [-0.4, -0.2) is 78.9 Å². The number of hydrogen-bond donors (Lipinski definition) is 4. The number of aliphatic hydroxyl groups excluding tert-OH is 1. The van der Waals surface area contributed by atoms with E-state index in [-0.39, 0.29) is 37.4 Å². The Bertz CT molecular complexity index is 1450. The largest absolute Gasteiger partial charge is 0.497 e. The number of urea groups is 2. The molecule has 0 fully saturated rings. The lowest BCUT2D eigenvalue weighted by Gasteiger charge is -2.34. The van der Waals surface area contributed by atoms with E-state index in [1.807, 2.05) is 6.92 Å². The van der Waals surface area contributed by atoms with E-state index in [1.165, 1.54) is 29.2 Å². The molecule has 4 rings (SSSR count). The molecule has 0 aliphatic carbocycles. The van der Waals surface area contributed by atoms with Crippen LogP contribution >= 0.6 is 0 Å². The summed E-state index contributed by atoms with van der Waals surface area (Å²) in [7, 11) is 3.23. The third-order valence-electron chi connectivity index (χ3n) is 7.42. The highest BCUT2D eigenvalue weighted by atomic mass is 19.1. The molecule has 0 unspecified atom stereocenters. The Morgan fingerprint density at radius 2 is 1.66 bits per heavy atom. The van der Waals surface area contributed by atoms with E-state index < -0.39 is 24.0 Å².